The molecule has 4 nitrogen and oxygen atoms in total. The van der Waals surface area contributed by atoms with Crippen LogP contribution in [0.1, 0.15) is 61.7 Å². The average Bonchev–Trinajstić information content (AvgIpc) is 2.67. The molecule has 0 bridgehead atoms. The van der Waals surface area contributed by atoms with E-state index in [4.69, 9.17) is 16.5 Å². The van der Waals surface area contributed by atoms with Gasteiger partial charge in [-0.1, -0.05) is 51.1 Å². The topological polar surface area (TPSA) is 77.8 Å². The number of benzene rings is 1. The Bertz CT molecular complexity index is 1050. The van der Waals surface area contributed by atoms with Crippen molar-refractivity contribution in [3.05, 3.63) is 71.1 Å². The molecule has 2 atom stereocenters. The number of allylic oxidation sites excluding steroid dienone is 2. The SMILES string of the molecule is CC(C)CC(N)c1ccc2c(n1)CC=C(c1cc(N)nc3ccccc13)C2C. The van der Waals surface area contributed by atoms with Crippen LogP contribution in [0.4, 0.5) is 5.82 Å². The minimum atomic E-state index is -0.00470. The van der Waals surface area contributed by atoms with Crippen molar-refractivity contribution in [2.24, 2.45) is 11.7 Å². The highest BCUT2D eigenvalue weighted by Crippen LogP contribution is 2.40. The fourth-order valence-corrected chi connectivity index (χ4v) is 4.25. The van der Waals surface area contributed by atoms with E-state index in [2.05, 4.69) is 56.1 Å². The van der Waals surface area contributed by atoms with Gasteiger partial charge in [0.05, 0.1) is 11.2 Å². The smallest absolute Gasteiger partial charge is 0.124 e. The van der Waals surface area contributed by atoms with E-state index in [1.54, 1.807) is 0 Å². The van der Waals surface area contributed by atoms with E-state index >= 15 is 0 Å². The first-order chi connectivity index (χ1) is 13.4. The maximum absolute atomic E-state index is 6.36. The Labute approximate surface area is 166 Å². The Hall–Kier alpha value is -2.72. The number of nitrogens with two attached hydrogens (primary N) is 2. The Morgan fingerprint density at radius 3 is 2.68 bits per heavy atom. The fourth-order valence-electron chi connectivity index (χ4n) is 4.25. The number of aromatic nitrogens is 2. The summed E-state index contributed by atoms with van der Waals surface area (Å²) >= 11 is 0. The molecule has 1 aliphatic rings. The molecular formula is C24H28N4. The lowest BCUT2D eigenvalue weighted by Crippen LogP contribution is -2.17. The highest BCUT2D eigenvalue weighted by Gasteiger charge is 2.24. The first-order valence-electron chi connectivity index (χ1n) is 10.0. The molecule has 28 heavy (non-hydrogen) atoms. The van der Waals surface area contributed by atoms with E-state index in [1.807, 2.05) is 18.2 Å². The second kappa shape index (κ2) is 7.36. The van der Waals surface area contributed by atoms with Crippen molar-refractivity contribution in [1.82, 2.24) is 9.97 Å². The Morgan fingerprint density at radius 2 is 1.89 bits per heavy atom. The van der Waals surface area contributed by atoms with E-state index in [0.29, 0.717) is 11.7 Å². The number of para-hydroxylation sites is 1. The molecule has 4 heteroatoms. The Kier molecular flexibility index (Phi) is 4.90. The van der Waals surface area contributed by atoms with Crippen molar-refractivity contribution in [3.63, 3.8) is 0 Å². The van der Waals surface area contributed by atoms with Gasteiger partial charge in [0, 0.05) is 29.5 Å². The normalized spacial score (nSPS) is 17.5. The summed E-state index contributed by atoms with van der Waals surface area (Å²) in [6.07, 6.45) is 4.05. The average molecular weight is 373 g/mol. The van der Waals surface area contributed by atoms with Crippen LogP contribution in [0, 0.1) is 5.92 Å². The molecule has 0 saturated carbocycles. The van der Waals surface area contributed by atoms with Gasteiger partial charge in [0.2, 0.25) is 0 Å². The highest BCUT2D eigenvalue weighted by atomic mass is 14.8. The zero-order valence-electron chi connectivity index (χ0n) is 16.8. The first kappa shape index (κ1) is 18.6. The number of hydrogen-bond acceptors (Lipinski definition) is 4. The molecule has 2 aromatic heterocycles. The van der Waals surface area contributed by atoms with Crippen LogP contribution in [0.2, 0.25) is 0 Å². The van der Waals surface area contributed by atoms with Crippen LogP contribution in [0.15, 0.2) is 48.5 Å². The lowest BCUT2D eigenvalue weighted by Gasteiger charge is -2.26. The molecule has 0 amide bonds. The van der Waals surface area contributed by atoms with Crippen LogP contribution in [-0.2, 0) is 6.42 Å². The van der Waals surface area contributed by atoms with Crippen LogP contribution in [-0.4, -0.2) is 9.97 Å². The Morgan fingerprint density at radius 1 is 1.11 bits per heavy atom. The van der Waals surface area contributed by atoms with Gasteiger partial charge >= 0.3 is 0 Å². The van der Waals surface area contributed by atoms with Crippen molar-refractivity contribution in [2.45, 2.75) is 45.6 Å². The van der Waals surface area contributed by atoms with Crippen LogP contribution in [0.25, 0.3) is 16.5 Å². The molecule has 4 N–H and O–H groups in total. The van der Waals surface area contributed by atoms with Crippen LogP contribution in [0.5, 0.6) is 0 Å². The molecule has 4 rings (SSSR count). The summed E-state index contributed by atoms with van der Waals surface area (Å²) in [7, 11) is 0. The van der Waals surface area contributed by atoms with Gasteiger partial charge in [-0.2, -0.15) is 0 Å². The molecule has 0 fully saturated rings. The van der Waals surface area contributed by atoms with Gasteiger partial charge in [-0.25, -0.2) is 4.98 Å². The number of nitrogens with zero attached hydrogens (tertiary/aromatic N) is 2. The fraction of sp³-hybridized carbons (Fsp3) is 0.333. The van der Waals surface area contributed by atoms with E-state index < -0.39 is 0 Å². The van der Waals surface area contributed by atoms with Gasteiger partial charge in [0.15, 0.2) is 0 Å². The zero-order chi connectivity index (χ0) is 19.8. The molecule has 2 unspecified atom stereocenters. The third kappa shape index (κ3) is 3.40. The molecule has 2 heterocycles. The summed E-state index contributed by atoms with van der Waals surface area (Å²) in [6, 6.07) is 14.5. The minimum Gasteiger partial charge on any atom is -0.384 e. The lowest BCUT2D eigenvalue weighted by atomic mass is 9.81. The van der Waals surface area contributed by atoms with Crippen LogP contribution < -0.4 is 11.5 Å². The summed E-state index contributed by atoms with van der Waals surface area (Å²) in [5, 5.41) is 1.14. The van der Waals surface area contributed by atoms with Crippen molar-refractivity contribution < 1.29 is 0 Å². The molecule has 0 aliphatic heterocycles. The third-order valence-corrected chi connectivity index (χ3v) is 5.63. The Balaban J connectivity index is 1.72. The number of fused-ring (bicyclic) bond motifs is 2. The summed E-state index contributed by atoms with van der Waals surface area (Å²) in [5.74, 6) is 1.36. The summed E-state index contributed by atoms with van der Waals surface area (Å²) in [6.45, 7) is 6.63. The zero-order valence-corrected chi connectivity index (χ0v) is 16.8. The predicted octanol–water partition coefficient (Wildman–Crippen LogP) is 5.00. The van der Waals surface area contributed by atoms with Crippen molar-refractivity contribution in [1.29, 1.82) is 0 Å². The van der Waals surface area contributed by atoms with Crippen molar-refractivity contribution >= 4 is 22.3 Å². The van der Waals surface area contributed by atoms with Crippen molar-refractivity contribution in [2.75, 3.05) is 5.73 Å². The minimum absolute atomic E-state index is 0.00470. The summed E-state index contributed by atoms with van der Waals surface area (Å²) in [5.41, 5.74) is 19.3. The number of rotatable bonds is 4. The van der Waals surface area contributed by atoms with Gasteiger partial charge in [0.1, 0.15) is 5.82 Å². The van der Waals surface area contributed by atoms with Gasteiger partial charge in [0.25, 0.3) is 0 Å². The molecule has 0 saturated heterocycles. The molecule has 0 spiro atoms. The molecular weight excluding hydrogens is 344 g/mol. The van der Waals surface area contributed by atoms with Gasteiger partial charge in [-0.05, 0) is 47.2 Å². The highest BCUT2D eigenvalue weighted by molar-refractivity contribution is 5.94. The largest absolute Gasteiger partial charge is 0.384 e. The van der Waals surface area contributed by atoms with Crippen molar-refractivity contribution in [3.8, 4) is 0 Å². The quantitative estimate of drug-likeness (QED) is 0.675. The van der Waals surface area contributed by atoms with Gasteiger partial charge in [-0.15, -0.1) is 0 Å². The number of hydrogen-bond donors (Lipinski definition) is 2. The third-order valence-electron chi connectivity index (χ3n) is 5.63. The standard InChI is InChI=1S/C24H28N4/c1-14(2)12-20(25)23-11-9-17-15(3)16(8-10-22(17)27-23)19-13-24(26)28-21-7-5-4-6-18(19)21/h4-9,11,13-15,20H,10,12,25H2,1-3H3,(H2,26,28). The predicted molar refractivity (Wildman–Crippen MR) is 117 cm³/mol. The maximum atomic E-state index is 6.36. The summed E-state index contributed by atoms with van der Waals surface area (Å²) < 4.78 is 0. The van der Waals surface area contributed by atoms with Gasteiger partial charge in [-0.3, -0.25) is 4.98 Å². The molecule has 0 radical (unpaired) electrons. The van der Waals surface area contributed by atoms with E-state index in [1.165, 1.54) is 16.7 Å². The number of pyridine rings is 2. The van der Waals surface area contributed by atoms with Crippen LogP contribution in [0.3, 0.4) is 0 Å². The number of nitrogen functional groups attached to an aromatic ring is 1. The molecule has 1 aromatic carbocycles. The van der Waals surface area contributed by atoms with E-state index in [9.17, 15) is 0 Å². The first-order valence-corrected chi connectivity index (χ1v) is 10.0. The second-order valence-electron chi connectivity index (χ2n) is 8.21. The molecule has 3 aromatic rings. The molecule has 1 aliphatic carbocycles. The molecule has 144 valence electrons. The monoisotopic (exact) mass is 372 g/mol. The van der Waals surface area contributed by atoms with E-state index in [-0.39, 0.29) is 12.0 Å². The maximum Gasteiger partial charge on any atom is 0.124 e. The van der Waals surface area contributed by atoms with E-state index in [0.717, 1.165) is 35.1 Å². The number of anilines is 1. The second-order valence-corrected chi connectivity index (χ2v) is 8.21. The summed E-state index contributed by atoms with van der Waals surface area (Å²) in [4.78, 5) is 9.40. The van der Waals surface area contributed by atoms with Crippen LogP contribution >= 0.6 is 0 Å². The van der Waals surface area contributed by atoms with Gasteiger partial charge < -0.3 is 11.5 Å². The lowest BCUT2D eigenvalue weighted by molar-refractivity contribution is 0.501.